The fraction of sp³-hybridized carbons (Fsp3) is 0.167. The second-order valence-electron chi connectivity index (χ2n) is 5.74. The Bertz CT molecular complexity index is 941. The Morgan fingerprint density at radius 3 is 2.67 bits per heavy atom. The first-order valence-corrected chi connectivity index (χ1v) is 8.06. The van der Waals surface area contributed by atoms with Gasteiger partial charge in [-0.2, -0.15) is 0 Å². The van der Waals surface area contributed by atoms with Gasteiger partial charge in [0.2, 0.25) is 0 Å². The first kappa shape index (κ1) is 18.1. The van der Waals surface area contributed by atoms with Gasteiger partial charge in [0.25, 0.3) is 11.6 Å². The number of fused-ring (bicyclic) bond motifs is 1. The molecule has 0 spiro atoms. The van der Waals surface area contributed by atoms with Gasteiger partial charge in [-0.05, 0) is 36.3 Å². The summed E-state index contributed by atoms with van der Waals surface area (Å²) in [5.41, 5.74) is 0.425. The van der Waals surface area contributed by atoms with Gasteiger partial charge in [-0.3, -0.25) is 24.8 Å². The number of aliphatic carboxylic acids is 1. The van der Waals surface area contributed by atoms with Crippen LogP contribution in [-0.4, -0.2) is 32.9 Å². The van der Waals surface area contributed by atoms with E-state index in [-0.39, 0.29) is 29.3 Å². The molecule has 0 saturated heterocycles. The van der Waals surface area contributed by atoms with Gasteiger partial charge >= 0.3 is 5.97 Å². The minimum absolute atomic E-state index is 0.0512. The number of hydrogen-bond acceptors (Lipinski definition) is 6. The van der Waals surface area contributed by atoms with Crippen molar-refractivity contribution >= 4 is 29.3 Å². The summed E-state index contributed by atoms with van der Waals surface area (Å²) in [6, 6.07) is 5.85. The number of carbonyl (C=O) groups is 2. The fourth-order valence-corrected chi connectivity index (χ4v) is 2.76. The third-order valence-corrected chi connectivity index (χ3v) is 4.05. The van der Waals surface area contributed by atoms with Crippen LogP contribution in [0, 0.1) is 10.1 Å². The van der Waals surface area contributed by atoms with Crippen molar-refractivity contribution in [1.82, 2.24) is 4.98 Å². The first-order valence-electron chi connectivity index (χ1n) is 8.06. The molecule has 1 atom stereocenters. The second-order valence-corrected chi connectivity index (χ2v) is 5.74. The SMILES string of the molecule is CCC(C(=O)O)N1C(=O)/C(=C\c2ccncc2)Oc2ccc([N+](=O)[O-])cc21. The van der Waals surface area contributed by atoms with Crippen LogP contribution in [-0.2, 0) is 9.59 Å². The molecule has 27 heavy (non-hydrogen) atoms. The van der Waals surface area contributed by atoms with Gasteiger partial charge in [-0.1, -0.05) is 6.92 Å². The molecule has 1 amide bonds. The number of carboxylic acid groups (broad SMARTS) is 1. The van der Waals surface area contributed by atoms with E-state index in [4.69, 9.17) is 4.74 Å². The first-order chi connectivity index (χ1) is 12.9. The second kappa shape index (κ2) is 7.24. The zero-order valence-electron chi connectivity index (χ0n) is 14.2. The number of carbonyl (C=O) groups excluding carboxylic acids is 1. The van der Waals surface area contributed by atoms with Crippen molar-refractivity contribution in [2.75, 3.05) is 4.90 Å². The number of carboxylic acids is 1. The van der Waals surface area contributed by atoms with Crippen LogP contribution in [0.4, 0.5) is 11.4 Å². The number of nitrogens with zero attached hydrogens (tertiary/aromatic N) is 3. The number of rotatable bonds is 5. The molecular formula is C18H15N3O6. The summed E-state index contributed by atoms with van der Waals surface area (Å²) in [5, 5.41) is 20.6. The van der Waals surface area contributed by atoms with Crippen molar-refractivity contribution in [1.29, 1.82) is 0 Å². The van der Waals surface area contributed by atoms with E-state index in [2.05, 4.69) is 4.98 Å². The highest BCUT2D eigenvalue weighted by atomic mass is 16.6. The molecule has 2 aromatic rings. The lowest BCUT2D eigenvalue weighted by molar-refractivity contribution is -0.384. The van der Waals surface area contributed by atoms with Crippen molar-refractivity contribution in [3.63, 3.8) is 0 Å². The number of nitro benzene ring substituents is 1. The molecule has 3 rings (SSSR count). The lowest BCUT2D eigenvalue weighted by Gasteiger charge is -2.34. The van der Waals surface area contributed by atoms with Crippen LogP contribution in [0.15, 0.2) is 48.5 Å². The number of ether oxygens (including phenoxy) is 1. The lowest BCUT2D eigenvalue weighted by Crippen LogP contribution is -2.48. The average Bonchev–Trinajstić information content (AvgIpc) is 2.65. The van der Waals surface area contributed by atoms with Gasteiger partial charge in [0.15, 0.2) is 11.5 Å². The minimum Gasteiger partial charge on any atom is -0.480 e. The Morgan fingerprint density at radius 2 is 2.07 bits per heavy atom. The summed E-state index contributed by atoms with van der Waals surface area (Å²) in [6.45, 7) is 1.62. The molecule has 1 N–H and O–H groups in total. The van der Waals surface area contributed by atoms with Crippen molar-refractivity contribution in [2.24, 2.45) is 0 Å². The maximum atomic E-state index is 13.0. The van der Waals surface area contributed by atoms with Gasteiger partial charge in [0, 0.05) is 24.5 Å². The van der Waals surface area contributed by atoms with Gasteiger partial charge in [0.05, 0.1) is 10.6 Å². The summed E-state index contributed by atoms with van der Waals surface area (Å²) in [5.74, 6) is -1.81. The Kier molecular flexibility index (Phi) is 4.84. The van der Waals surface area contributed by atoms with Crippen LogP contribution in [0.5, 0.6) is 5.75 Å². The monoisotopic (exact) mass is 369 g/mol. The maximum absolute atomic E-state index is 13.0. The van der Waals surface area contributed by atoms with E-state index in [1.165, 1.54) is 18.2 Å². The van der Waals surface area contributed by atoms with E-state index < -0.39 is 22.8 Å². The van der Waals surface area contributed by atoms with E-state index >= 15 is 0 Å². The highest BCUT2D eigenvalue weighted by Crippen LogP contribution is 2.40. The third kappa shape index (κ3) is 3.47. The minimum atomic E-state index is -1.21. The molecule has 1 unspecified atom stereocenters. The van der Waals surface area contributed by atoms with Crippen LogP contribution < -0.4 is 9.64 Å². The molecular weight excluding hydrogens is 354 g/mol. The van der Waals surface area contributed by atoms with Gasteiger partial charge in [-0.15, -0.1) is 0 Å². The van der Waals surface area contributed by atoms with E-state index in [0.29, 0.717) is 5.56 Å². The van der Waals surface area contributed by atoms with E-state index in [9.17, 15) is 24.8 Å². The van der Waals surface area contributed by atoms with Crippen LogP contribution in [0.25, 0.3) is 6.08 Å². The Hall–Kier alpha value is -3.75. The number of non-ortho nitro benzene ring substituents is 1. The van der Waals surface area contributed by atoms with E-state index in [1.807, 2.05) is 0 Å². The molecule has 1 aromatic heterocycles. The van der Waals surface area contributed by atoms with Gasteiger partial charge in [-0.25, -0.2) is 4.79 Å². The van der Waals surface area contributed by atoms with Crippen LogP contribution in [0.2, 0.25) is 0 Å². The number of hydrogen-bond donors (Lipinski definition) is 1. The van der Waals surface area contributed by atoms with Crippen LogP contribution in [0.1, 0.15) is 18.9 Å². The Morgan fingerprint density at radius 1 is 1.37 bits per heavy atom. The van der Waals surface area contributed by atoms with Crippen molar-refractivity contribution in [3.05, 3.63) is 64.2 Å². The molecule has 1 aliphatic heterocycles. The molecule has 0 saturated carbocycles. The number of benzene rings is 1. The average molecular weight is 369 g/mol. The number of anilines is 1. The zero-order valence-corrected chi connectivity index (χ0v) is 14.2. The maximum Gasteiger partial charge on any atom is 0.326 e. The number of aromatic nitrogens is 1. The molecule has 1 aliphatic rings. The summed E-state index contributed by atoms with van der Waals surface area (Å²) >= 11 is 0. The molecule has 0 bridgehead atoms. The lowest BCUT2D eigenvalue weighted by atomic mass is 10.1. The summed E-state index contributed by atoms with van der Waals surface area (Å²) in [6.07, 6.45) is 4.67. The quantitative estimate of drug-likeness (QED) is 0.488. The molecule has 0 aliphatic carbocycles. The largest absolute Gasteiger partial charge is 0.480 e. The van der Waals surface area contributed by atoms with Crippen molar-refractivity contribution < 1.29 is 24.4 Å². The smallest absolute Gasteiger partial charge is 0.326 e. The van der Waals surface area contributed by atoms with Gasteiger partial charge in [0.1, 0.15) is 6.04 Å². The molecule has 138 valence electrons. The number of amides is 1. The molecule has 2 heterocycles. The van der Waals surface area contributed by atoms with Crippen molar-refractivity contribution in [3.8, 4) is 5.75 Å². The molecule has 9 nitrogen and oxygen atoms in total. The topological polar surface area (TPSA) is 123 Å². The fourth-order valence-electron chi connectivity index (χ4n) is 2.76. The summed E-state index contributed by atoms with van der Waals surface area (Å²) in [4.78, 5) is 40.0. The highest BCUT2D eigenvalue weighted by molar-refractivity contribution is 6.12. The Balaban J connectivity index is 2.15. The standard InChI is InChI=1S/C18H15N3O6/c1-2-13(18(23)24)20-14-10-12(21(25)26)3-4-15(14)27-16(17(20)22)9-11-5-7-19-8-6-11/h3-10,13H,2H2,1H3,(H,23,24)/b16-9+. The molecule has 0 radical (unpaired) electrons. The Labute approximate surface area is 153 Å². The van der Waals surface area contributed by atoms with Crippen molar-refractivity contribution in [2.45, 2.75) is 19.4 Å². The predicted molar refractivity (Wildman–Crippen MR) is 95.1 cm³/mol. The third-order valence-electron chi connectivity index (χ3n) is 4.05. The number of nitro groups is 1. The van der Waals surface area contributed by atoms with E-state index in [1.54, 1.807) is 31.5 Å². The zero-order chi connectivity index (χ0) is 19.6. The highest BCUT2D eigenvalue weighted by Gasteiger charge is 2.38. The van der Waals surface area contributed by atoms with Crippen LogP contribution >= 0.6 is 0 Å². The van der Waals surface area contributed by atoms with E-state index in [0.717, 1.165) is 11.0 Å². The van der Waals surface area contributed by atoms with Gasteiger partial charge < -0.3 is 9.84 Å². The molecule has 1 aromatic carbocycles. The molecule has 9 heteroatoms. The summed E-state index contributed by atoms with van der Waals surface area (Å²) < 4.78 is 5.62. The normalized spacial score (nSPS) is 15.8. The van der Waals surface area contributed by atoms with Crippen LogP contribution in [0.3, 0.4) is 0 Å². The number of pyridine rings is 1. The summed E-state index contributed by atoms with van der Waals surface area (Å²) in [7, 11) is 0. The molecule has 0 fully saturated rings. The predicted octanol–water partition coefficient (Wildman–Crippen LogP) is 2.62.